The van der Waals surface area contributed by atoms with Crippen LogP contribution in [-0.2, 0) is 32.3 Å². The number of halogens is 3. The monoisotopic (exact) mass is 471 g/mol. The zero-order chi connectivity index (χ0) is 23.4. The summed E-state index contributed by atoms with van der Waals surface area (Å²) >= 11 is 0. The van der Waals surface area contributed by atoms with Gasteiger partial charge >= 0.3 is 12.1 Å². The maximum Gasteiger partial charge on any atom is 0.416 e. The van der Waals surface area contributed by atoms with Crippen molar-refractivity contribution < 1.29 is 35.9 Å². The van der Waals surface area contributed by atoms with E-state index >= 15 is 0 Å². The van der Waals surface area contributed by atoms with E-state index < -0.39 is 27.7 Å². The molecule has 1 aliphatic heterocycles. The Morgan fingerprint density at radius 1 is 1.06 bits per heavy atom. The van der Waals surface area contributed by atoms with Gasteiger partial charge in [0.05, 0.1) is 35.3 Å². The molecule has 0 spiro atoms. The first-order chi connectivity index (χ1) is 15.1. The summed E-state index contributed by atoms with van der Waals surface area (Å²) in [6, 6.07) is 10.7. The molecule has 0 aliphatic carbocycles. The molecule has 0 saturated carbocycles. The molecule has 2 aromatic carbocycles. The molecular formula is C22H24F3NO5S. The summed E-state index contributed by atoms with van der Waals surface area (Å²) < 4.78 is 76.2. The molecule has 10 heteroatoms. The van der Waals surface area contributed by atoms with Crippen molar-refractivity contribution in [2.45, 2.75) is 43.5 Å². The third-order valence-electron chi connectivity index (χ3n) is 5.17. The second-order valence-electron chi connectivity index (χ2n) is 7.33. The second kappa shape index (κ2) is 10.0. The summed E-state index contributed by atoms with van der Waals surface area (Å²) in [5.74, 6) is -0.693. The zero-order valence-electron chi connectivity index (χ0n) is 17.5. The first kappa shape index (κ1) is 24.2. The molecule has 0 amide bonds. The highest BCUT2D eigenvalue weighted by Gasteiger charge is 2.33. The van der Waals surface area contributed by atoms with Gasteiger partial charge in [0, 0.05) is 13.1 Å². The third kappa shape index (κ3) is 5.67. The summed E-state index contributed by atoms with van der Waals surface area (Å²) in [6.07, 6.45) is -3.74. The fraction of sp³-hybridized carbons (Fsp3) is 0.409. The Labute approximate surface area is 185 Å². The van der Waals surface area contributed by atoms with Crippen molar-refractivity contribution in [1.82, 2.24) is 4.31 Å². The highest BCUT2D eigenvalue weighted by atomic mass is 32.2. The van der Waals surface area contributed by atoms with Crippen LogP contribution in [0.2, 0.25) is 0 Å². The van der Waals surface area contributed by atoms with Crippen molar-refractivity contribution in [2.24, 2.45) is 0 Å². The normalized spacial score (nSPS) is 16.1. The predicted octanol–water partition coefficient (Wildman–Crippen LogP) is 4.25. The van der Waals surface area contributed by atoms with Crippen LogP contribution >= 0.6 is 0 Å². The van der Waals surface area contributed by atoms with Gasteiger partial charge in [-0.15, -0.1) is 0 Å². The Kier molecular flexibility index (Phi) is 7.58. The van der Waals surface area contributed by atoms with Crippen LogP contribution in [0.25, 0.3) is 0 Å². The fourth-order valence-electron chi connectivity index (χ4n) is 3.45. The first-order valence-electron chi connectivity index (χ1n) is 10.2. The quantitative estimate of drug-likeness (QED) is 0.565. The minimum Gasteiger partial charge on any atom is -0.462 e. The number of carbonyl (C=O) groups is 1. The van der Waals surface area contributed by atoms with Gasteiger partial charge in [0.15, 0.2) is 0 Å². The molecule has 0 radical (unpaired) electrons. The van der Waals surface area contributed by atoms with Gasteiger partial charge in [-0.05, 0) is 49.6 Å². The second-order valence-corrected chi connectivity index (χ2v) is 9.23. The van der Waals surface area contributed by atoms with E-state index in [0.29, 0.717) is 18.4 Å². The van der Waals surface area contributed by atoms with E-state index in [-0.39, 0.29) is 42.9 Å². The molecule has 1 heterocycles. The predicted molar refractivity (Wildman–Crippen MR) is 110 cm³/mol. The minimum atomic E-state index is -4.39. The number of nitrogens with zero attached hydrogens (tertiary/aromatic N) is 1. The number of ether oxygens (including phenoxy) is 2. The number of hydrogen-bond acceptors (Lipinski definition) is 5. The lowest BCUT2D eigenvalue weighted by molar-refractivity contribution is -0.137. The minimum absolute atomic E-state index is 0.00460. The van der Waals surface area contributed by atoms with Gasteiger partial charge in [-0.2, -0.15) is 17.5 Å². The third-order valence-corrected chi connectivity index (χ3v) is 7.12. The molecule has 174 valence electrons. The maximum absolute atomic E-state index is 13.1. The molecule has 3 rings (SSSR count). The smallest absolute Gasteiger partial charge is 0.416 e. The van der Waals surface area contributed by atoms with Crippen molar-refractivity contribution in [3.05, 3.63) is 65.2 Å². The lowest BCUT2D eigenvalue weighted by Gasteiger charge is -2.31. The average Bonchev–Trinajstić information content (AvgIpc) is 2.78. The Balaban J connectivity index is 1.59. The number of rotatable bonds is 7. The van der Waals surface area contributed by atoms with Gasteiger partial charge in [-0.25, -0.2) is 13.2 Å². The van der Waals surface area contributed by atoms with Crippen LogP contribution in [0.5, 0.6) is 0 Å². The fourth-order valence-corrected chi connectivity index (χ4v) is 5.10. The average molecular weight is 471 g/mol. The van der Waals surface area contributed by atoms with Crippen LogP contribution in [0.4, 0.5) is 13.2 Å². The van der Waals surface area contributed by atoms with Gasteiger partial charge in [0.2, 0.25) is 10.0 Å². The highest BCUT2D eigenvalue weighted by molar-refractivity contribution is 7.89. The molecule has 0 atom stereocenters. The Morgan fingerprint density at radius 3 is 2.28 bits per heavy atom. The molecule has 0 bridgehead atoms. The van der Waals surface area contributed by atoms with Gasteiger partial charge < -0.3 is 9.47 Å². The molecule has 0 N–H and O–H groups in total. The van der Waals surface area contributed by atoms with E-state index in [1.165, 1.54) is 28.6 Å². The SMILES string of the molecule is CCOC(=O)c1ccccc1S(=O)(=O)N1CCC(OCc2ccc(C(F)(F)F)cc2)CC1. The van der Waals surface area contributed by atoms with Crippen LogP contribution < -0.4 is 0 Å². The Hall–Kier alpha value is -2.43. The summed E-state index contributed by atoms with van der Waals surface area (Å²) in [7, 11) is -3.89. The van der Waals surface area contributed by atoms with E-state index in [9.17, 15) is 26.4 Å². The number of esters is 1. The van der Waals surface area contributed by atoms with E-state index in [0.717, 1.165) is 12.1 Å². The van der Waals surface area contributed by atoms with Gasteiger partial charge in [-0.1, -0.05) is 24.3 Å². The van der Waals surface area contributed by atoms with E-state index in [1.54, 1.807) is 19.1 Å². The lowest BCUT2D eigenvalue weighted by atomic mass is 10.1. The molecular weight excluding hydrogens is 447 g/mol. The van der Waals surface area contributed by atoms with E-state index in [1.807, 2.05) is 0 Å². The molecule has 1 fully saturated rings. The summed E-state index contributed by atoms with van der Waals surface area (Å²) in [5, 5.41) is 0. The molecule has 0 aromatic heterocycles. The first-order valence-corrected chi connectivity index (χ1v) is 11.6. The van der Waals surface area contributed by atoms with Crippen LogP contribution in [0.3, 0.4) is 0 Å². The van der Waals surface area contributed by atoms with Crippen molar-refractivity contribution in [2.75, 3.05) is 19.7 Å². The molecule has 1 saturated heterocycles. The van der Waals surface area contributed by atoms with Gasteiger partial charge in [-0.3, -0.25) is 0 Å². The van der Waals surface area contributed by atoms with Crippen molar-refractivity contribution in [3.63, 3.8) is 0 Å². The number of benzene rings is 2. The van der Waals surface area contributed by atoms with Crippen molar-refractivity contribution >= 4 is 16.0 Å². The van der Waals surface area contributed by atoms with Gasteiger partial charge in [0.25, 0.3) is 0 Å². The highest BCUT2D eigenvalue weighted by Crippen LogP contribution is 2.29. The Morgan fingerprint density at radius 2 is 1.69 bits per heavy atom. The summed E-state index contributed by atoms with van der Waals surface area (Å²) in [5.41, 5.74) is -0.116. The topological polar surface area (TPSA) is 72.9 Å². The number of carbonyl (C=O) groups excluding carboxylic acids is 1. The van der Waals surface area contributed by atoms with E-state index in [4.69, 9.17) is 9.47 Å². The number of piperidine rings is 1. The number of hydrogen-bond donors (Lipinski definition) is 0. The van der Waals surface area contributed by atoms with Crippen molar-refractivity contribution in [1.29, 1.82) is 0 Å². The lowest BCUT2D eigenvalue weighted by Crippen LogP contribution is -2.41. The van der Waals surface area contributed by atoms with Crippen LogP contribution in [0.1, 0.15) is 41.3 Å². The number of alkyl halides is 3. The largest absolute Gasteiger partial charge is 0.462 e. The Bertz CT molecular complexity index is 1030. The number of sulfonamides is 1. The van der Waals surface area contributed by atoms with Crippen LogP contribution in [0.15, 0.2) is 53.4 Å². The van der Waals surface area contributed by atoms with Crippen LogP contribution in [-0.4, -0.2) is 44.5 Å². The molecule has 2 aromatic rings. The van der Waals surface area contributed by atoms with Gasteiger partial charge in [0.1, 0.15) is 0 Å². The molecule has 32 heavy (non-hydrogen) atoms. The van der Waals surface area contributed by atoms with Crippen molar-refractivity contribution in [3.8, 4) is 0 Å². The van der Waals surface area contributed by atoms with Crippen LogP contribution in [0, 0.1) is 0 Å². The van der Waals surface area contributed by atoms with E-state index in [2.05, 4.69) is 0 Å². The molecule has 1 aliphatic rings. The maximum atomic E-state index is 13.1. The summed E-state index contributed by atoms with van der Waals surface area (Å²) in [4.78, 5) is 12.1. The standard InChI is InChI=1S/C22H24F3NO5S/c1-2-30-21(27)19-5-3-4-6-20(19)32(28,29)26-13-11-18(12-14-26)31-15-16-7-9-17(10-8-16)22(23,24)25/h3-10,18H,2,11-15H2,1H3. The zero-order valence-corrected chi connectivity index (χ0v) is 18.3. The molecule has 0 unspecified atom stereocenters. The molecule has 6 nitrogen and oxygen atoms in total. The summed E-state index contributed by atoms with van der Waals surface area (Å²) in [6.45, 7) is 2.33.